The topological polar surface area (TPSA) is 43.1 Å². The van der Waals surface area contributed by atoms with Crippen molar-refractivity contribution in [3.05, 3.63) is 100 Å². The van der Waals surface area contributed by atoms with E-state index in [4.69, 9.17) is 0 Å². The molecule has 0 fully saturated rings. The van der Waals surface area contributed by atoms with Crippen LogP contribution in [0, 0.1) is 10.1 Å². The first-order valence-electron chi connectivity index (χ1n) is 7.11. The fraction of sp³-hybridized carbons (Fsp3) is 0.0526. The molecule has 108 valence electrons. The maximum Gasteiger partial charge on any atom is 0.269 e. The summed E-state index contributed by atoms with van der Waals surface area (Å²) in [5.41, 5.74) is 5.89. The van der Waals surface area contributed by atoms with E-state index < -0.39 is 4.92 Å². The summed E-state index contributed by atoms with van der Waals surface area (Å²) in [5.74, 6) is 0. The van der Waals surface area contributed by atoms with Gasteiger partial charge in [0.25, 0.3) is 5.69 Å². The first kappa shape index (κ1) is 14.0. The van der Waals surface area contributed by atoms with Crippen LogP contribution in [0.15, 0.2) is 78.9 Å². The number of nitro benzene ring substituents is 1. The first-order chi connectivity index (χ1) is 10.8. The number of nitrogens with zero attached hydrogens (tertiary/aromatic N) is 1. The van der Waals surface area contributed by atoms with Crippen molar-refractivity contribution in [2.75, 3.05) is 0 Å². The molecule has 3 aromatic rings. The molecule has 4 rings (SSSR count). The van der Waals surface area contributed by atoms with Gasteiger partial charge in [-0.15, -0.1) is 0 Å². The molecule has 0 amide bonds. The van der Waals surface area contributed by atoms with Gasteiger partial charge in [0.05, 0.1) is 4.92 Å². The molecule has 0 aliphatic heterocycles. The zero-order chi connectivity index (χ0) is 15.4. The third-order valence-electron chi connectivity index (χ3n) is 3.67. The van der Waals surface area contributed by atoms with Crippen molar-refractivity contribution in [1.29, 1.82) is 0 Å². The minimum atomic E-state index is -0.417. The number of rotatable bonds is 1. The van der Waals surface area contributed by atoms with Crippen LogP contribution in [-0.2, 0) is 6.42 Å². The molecular formula is C19H15NO2. The van der Waals surface area contributed by atoms with Crippen molar-refractivity contribution in [3.63, 3.8) is 0 Å². The third kappa shape index (κ3) is 2.88. The van der Waals surface area contributed by atoms with Gasteiger partial charge in [-0.05, 0) is 28.7 Å². The second-order valence-electron chi connectivity index (χ2n) is 5.08. The first-order valence-corrected chi connectivity index (χ1v) is 7.11. The Kier molecular flexibility index (Phi) is 3.97. The van der Waals surface area contributed by atoms with Gasteiger partial charge in [0.2, 0.25) is 0 Å². The van der Waals surface area contributed by atoms with Crippen LogP contribution < -0.4 is 0 Å². The Balaban J connectivity index is 0.000000142. The molecule has 3 nitrogen and oxygen atoms in total. The molecule has 0 N–H and O–H groups in total. The maximum absolute atomic E-state index is 10.0. The summed E-state index contributed by atoms with van der Waals surface area (Å²) in [6.07, 6.45) is 1.10. The zero-order valence-corrected chi connectivity index (χ0v) is 12.0. The van der Waals surface area contributed by atoms with Crippen LogP contribution in [-0.4, -0.2) is 4.92 Å². The molecule has 0 radical (unpaired) electrons. The summed E-state index contributed by atoms with van der Waals surface area (Å²) in [7, 11) is 0. The number of non-ortho nitro benzene ring substituents is 1. The Hall–Kier alpha value is -2.94. The average Bonchev–Trinajstić information content (AvgIpc) is 2.95. The summed E-state index contributed by atoms with van der Waals surface area (Å²) < 4.78 is 0. The monoisotopic (exact) mass is 289 g/mol. The second-order valence-corrected chi connectivity index (χ2v) is 5.08. The minimum Gasteiger partial charge on any atom is -0.258 e. The fourth-order valence-corrected chi connectivity index (χ4v) is 2.63. The smallest absolute Gasteiger partial charge is 0.258 e. The van der Waals surface area contributed by atoms with Gasteiger partial charge in [-0.3, -0.25) is 10.1 Å². The van der Waals surface area contributed by atoms with Gasteiger partial charge in [0, 0.05) is 12.1 Å². The van der Waals surface area contributed by atoms with Gasteiger partial charge in [-0.2, -0.15) is 0 Å². The van der Waals surface area contributed by atoms with E-state index >= 15 is 0 Å². The molecular weight excluding hydrogens is 274 g/mol. The normalized spacial score (nSPS) is 10.9. The number of hydrogen-bond donors (Lipinski definition) is 0. The minimum absolute atomic E-state index is 0.137. The van der Waals surface area contributed by atoms with E-state index in [0.29, 0.717) is 0 Å². The summed E-state index contributed by atoms with van der Waals surface area (Å²) in [6, 6.07) is 25.2. The van der Waals surface area contributed by atoms with Crippen molar-refractivity contribution in [2.24, 2.45) is 0 Å². The molecule has 1 aliphatic rings. The molecule has 0 bridgehead atoms. The molecule has 0 spiro atoms. The highest BCUT2D eigenvalue weighted by Crippen LogP contribution is 2.35. The largest absolute Gasteiger partial charge is 0.269 e. The summed E-state index contributed by atoms with van der Waals surface area (Å²) >= 11 is 0. The van der Waals surface area contributed by atoms with Gasteiger partial charge in [-0.25, -0.2) is 0 Å². The average molecular weight is 289 g/mol. The van der Waals surface area contributed by atoms with Crippen molar-refractivity contribution in [2.45, 2.75) is 6.42 Å². The quantitative estimate of drug-likeness (QED) is 0.371. The van der Waals surface area contributed by atoms with Gasteiger partial charge in [-0.1, -0.05) is 66.7 Å². The van der Waals surface area contributed by atoms with Crippen molar-refractivity contribution in [1.82, 2.24) is 0 Å². The van der Waals surface area contributed by atoms with Gasteiger partial charge in [0.15, 0.2) is 0 Å². The predicted molar refractivity (Wildman–Crippen MR) is 87.8 cm³/mol. The van der Waals surface area contributed by atoms with Crippen molar-refractivity contribution >= 4 is 5.69 Å². The molecule has 0 saturated carbocycles. The summed E-state index contributed by atoms with van der Waals surface area (Å²) in [6.45, 7) is 0. The highest BCUT2D eigenvalue weighted by molar-refractivity contribution is 5.76. The number of nitro groups is 1. The Morgan fingerprint density at radius 1 is 0.682 bits per heavy atom. The third-order valence-corrected chi connectivity index (χ3v) is 3.67. The van der Waals surface area contributed by atoms with E-state index in [-0.39, 0.29) is 5.69 Å². The van der Waals surface area contributed by atoms with Crippen LogP contribution in [0.3, 0.4) is 0 Å². The molecule has 0 saturated heterocycles. The van der Waals surface area contributed by atoms with Crippen LogP contribution in [0.25, 0.3) is 11.1 Å². The van der Waals surface area contributed by atoms with Crippen molar-refractivity contribution < 1.29 is 4.92 Å². The number of fused-ring (bicyclic) bond motifs is 3. The van der Waals surface area contributed by atoms with E-state index in [2.05, 4.69) is 48.5 Å². The van der Waals surface area contributed by atoms with Gasteiger partial charge >= 0.3 is 0 Å². The molecule has 22 heavy (non-hydrogen) atoms. The highest BCUT2D eigenvalue weighted by atomic mass is 16.6. The van der Waals surface area contributed by atoms with E-state index in [0.717, 1.165) is 6.42 Å². The lowest BCUT2D eigenvalue weighted by Gasteiger charge is -1.98. The Morgan fingerprint density at radius 3 is 1.59 bits per heavy atom. The molecule has 0 heterocycles. The van der Waals surface area contributed by atoms with Crippen LogP contribution in [0.5, 0.6) is 0 Å². The SMILES string of the molecule is O=[N+]([O-])c1ccccc1.c1ccc2c(c1)Cc1ccccc1-2. The standard InChI is InChI=1S/C13H10.C6H5NO2/c1-3-7-12-10(5-1)9-11-6-2-4-8-13(11)12;8-7(9)6-4-2-1-3-5-6/h1-8H,9H2;1-5H. The summed E-state index contributed by atoms with van der Waals surface area (Å²) in [5, 5.41) is 10.0. The fourth-order valence-electron chi connectivity index (χ4n) is 2.63. The molecule has 3 aromatic carbocycles. The molecule has 0 aromatic heterocycles. The number of hydrogen-bond acceptors (Lipinski definition) is 2. The Bertz CT molecular complexity index is 754. The maximum atomic E-state index is 10.0. The molecule has 0 atom stereocenters. The van der Waals surface area contributed by atoms with Crippen LogP contribution in [0.1, 0.15) is 11.1 Å². The van der Waals surface area contributed by atoms with E-state index in [1.807, 2.05) is 0 Å². The predicted octanol–water partition coefficient (Wildman–Crippen LogP) is 4.85. The Labute approximate surface area is 129 Å². The van der Waals surface area contributed by atoms with E-state index in [9.17, 15) is 10.1 Å². The zero-order valence-electron chi connectivity index (χ0n) is 12.0. The van der Waals surface area contributed by atoms with Crippen molar-refractivity contribution in [3.8, 4) is 11.1 Å². The lowest BCUT2D eigenvalue weighted by Crippen LogP contribution is -1.84. The molecule has 0 unspecified atom stereocenters. The van der Waals surface area contributed by atoms with Crippen LogP contribution in [0.2, 0.25) is 0 Å². The summed E-state index contributed by atoms with van der Waals surface area (Å²) in [4.78, 5) is 9.59. The Morgan fingerprint density at radius 2 is 1.14 bits per heavy atom. The number of para-hydroxylation sites is 1. The lowest BCUT2D eigenvalue weighted by atomic mass is 10.1. The van der Waals surface area contributed by atoms with Gasteiger partial charge < -0.3 is 0 Å². The molecule has 1 aliphatic carbocycles. The van der Waals surface area contributed by atoms with Crippen LogP contribution in [0.4, 0.5) is 5.69 Å². The van der Waals surface area contributed by atoms with Gasteiger partial charge in [0.1, 0.15) is 0 Å². The van der Waals surface area contributed by atoms with E-state index in [1.54, 1.807) is 18.2 Å². The number of benzene rings is 3. The van der Waals surface area contributed by atoms with E-state index in [1.165, 1.54) is 34.4 Å². The lowest BCUT2D eigenvalue weighted by molar-refractivity contribution is -0.384. The molecule has 3 heteroatoms. The second kappa shape index (κ2) is 6.22. The highest BCUT2D eigenvalue weighted by Gasteiger charge is 2.15. The van der Waals surface area contributed by atoms with Crippen LogP contribution >= 0.6 is 0 Å².